The summed E-state index contributed by atoms with van der Waals surface area (Å²) in [6, 6.07) is 28.2. The van der Waals surface area contributed by atoms with Gasteiger partial charge in [-0.15, -0.1) is 0 Å². The molecule has 2 N–H and O–H groups in total. The summed E-state index contributed by atoms with van der Waals surface area (Å²) in [5.74, 6) is 1.59. The number of anilines is 1. The average Bonchev–Trinajstić information content (AvgIpc) is 2.87. The van der Waals surface area contributed by atoms with Crippen LogP contribution in [0.1, 0.15) is 56.2 Å². The SMILES string of the molecule is COc1ccc(C(C)(C)O)cc1N[C@H]1C2CCN(CC2)[C@@]1(C)C(c1ccccc1)c1ccccc1. The minimum atomic E-state index is -0.919. The largest absolute Gasteiger partial charge is 0.495 e. The molecule has 0 aliphatic carbocycles. The van der Waals surface area contributed by atoms with Crippen molar-refractivity contribution in [1.82, 2.24) is 4.90 Å². The van der Waals surface area contributed by atoms with E-state index in [2.05, 4.69) is 83.9 Å². The van der Waals surface area contributed by atoms with Crippen LogP contribution in [-0.4, -0.2) is 41.8 Å². The summed E-state index contributed by atoms with van der Waals surface area (Å²) in [5.41, 5.74) is 3.47. The quantitative estimate of drug-likeness (QED) is 0.443. The van der Waals surface area contributed by atoms with Gasteiger partial charge in [0.05, 0.1) is 18.4 Å². The number of hydrogen-bond acceptors (Lipinski definition) is 4. The molecule has 3 aliphatic rings. The van der Waals surface area contributed by atoms with Crippen molar-refractivity contribution in [2.24, 2.45) is 5.92 Å². The van der Waals surface area contributed by atoms with Gasteiger partial charge in [0.2, 0.25) is 0 Å². The first kappa shape index (κ1) is 23.9. The molecule has 4 heteroatoms. The highest BCUT2D eigenvalue weighted by Crippen LogP contribution is 2.51. The number of rotatable bonds is 7. The molecule has 0 aromatic heterocycles. The average molecular weight is 471 g/mol. The summed E-state index contributed by atoms with van der Waals surface area (Å²) >= 11 is 0. The van der Waals surface area contributed by atoms with Crippen LogP contribution in [0.4, 0.5) is 5.69 Å². The van der Waals surface area contributed by atoms with Gasteiger partial charge in [0.1, 0.15) is 5.75 Å². The van der Waals surface area contributed by atoms with Crippen molar-refractivity contribution in [3.63, 3.8) is 0 Å². The first-order chi connectivity index (χ1) is 16.8. The molecule has 0 saturated carbocycles. The van der Waals surface area contributed by atoms with Crippen molar-refractivity contribution in [3.8, 4) is 5.75 Å². The summed E-state index contributed by atoms with van der Waals surface area (Å²) < 4.78 is 5.77. The first-order valence-corrected chi connectivity index (χ1v) is 12.8. The zero-order chi connectivity index (χ0) is 24.6. The topological polar surface area (TPSA) is 44.7 Å². The number of nitrogens with zero attached hydrogens (tertiary/aromatic N) is 1. The fraction of sp³-hybridized carbons (Fsp3) is 0.419. The van der Waals surface area contributed by atoms with Gasteiger partial charge >= 0.3 is 0 Å². The monoisotopic (exact) mass is 470 g/mol. The molecular weight excluding hydrogens is 432 g/mol. The maximum atomic E-state index is 10.7. The maximum Gasteiger partial charge on any atom is 0.141 e. The summed E-state index contributed by atoms with van der Waals surface area (Å²) in [7, 11) is 1.72. The molecule has 35 heavy (non-hydrogen) atoms. The molecule has 2 atom stereocenters. The van der Waals surface area contributed by atoms with E-state index in [1.807, 2.05) is 26.0 Å². The maximum absolute atomic E-state index is 10.7. The lowest BCUT2D eigenvalue weighted by Gasteiger charge is -2.61. The highest BCUT2D eigenvalue weighted by molar-refractivity contribution is 5.60. The Balaban J connectivity index is 1.63. The lowest BCUT2D eigenvalue weighted by atomic mass is 9.62. The Labute approximate surface area is 209 Å². The molecule has 3 heterocycles. The molecule has 3 fully saturated rings. The van der Waals surface area contributed by atoms with E-state index in [4.69, 9.17) is 4.74 Å². The number of benzene rings is 3. The van der Waals surface area contributed by atoms with Gasteiger partial charge in [-0.25, -0.2) is 0 Å². The van der Waals surface area contributed by atoms with Crippen LogP contribution in [0.15, 0.2) is 78.9 Å². The Morgan fingerprint density at radius 3 is 2.03 bits per heavy atom. The summed E-state index contributed by atoms with van der Waals surface area (Å²) in [6.45, 7) is 8.36. The second kappa shape index (κ2) is 9.33. The number of aliphatic hydroxyl groups is 1. The molecule has 184 valence electrons. The molecule has 0 amide bonds. The van der Waals surface area contributed by atoms with Gasteiger partial charge in [0.15, 0.2) is 0 Å². The number of methoxy groups -OCH3 is 1. The minimum absolute atomic E-state index is 0.139. The molecule has 4 nitrogen and oxygen atoms in total. The van der Waals surface area contributed by atoms with Gasteiger partial charge < -0.3 is 15.2 Å². The van der Waals surface area contributed by atoms with Crippen LogP contribution in [0.2, 0.25) is 0 Å². The number of hydrogen-bond donors (Lipinski definition) is 2. The zero-order valence-electron chi connectivity index (χ0n) is 21.4. The van der Waals surface area contributed by atoms with E-state index in [-0.39, 0.29) is 17.5 Å². The molecular formula is C31H38N2O2. The van der Waals surface area contributed by atoms with Crippen LogP contribution in [0.25, 0.3) is 0 Å². The summed E-state index contributed by atoms with van der Waals surface area (Å²) in [5, 5.41) is 14.7. The van der Waals surface area contributed by atoms with E-state index in [0.29, 0.717) is 5.92 Å². The Bertz CT molecular complexity index is 1090. The normalized spacial score (nSPS) is 26.1. The van der Waals surface area contributed by atoms with E-state index in [1.165, 1.54) is 24.0 Å². The Morgan fingerprint density at radius 1 is 0.943 bits per heavy atom. The van der Waals surface area contributed by atoms with E-state index in [1.54, 1.807) is 7.11 Å². The number of fused-ring (bicyclic) bond motifs is 3. The van der Waals surface area contributed by atoms with Crippen LogP contribution in [0.5, 0.6) is 5.75 Å². The predicted octanol–water partition coefficient (Wildman–Crippen LogP) is 6.02. The van der Waals surface area contributed by atoms with Crippen molar-refractivity contribution in [1.29, 1.82) is 0 Å². The van der Waals surface area contributed by atoms with Crippen molar-refractivity contribution >= 4 is 5.69 Å². The van der Waals surface area contributed by atoms with Crippen molar-refractivity contribution in [2.75, 3.05) is 25.5 Å². The molecule has 2 bridgehead atoms. The van der Waals surface area contributed by atoms with Gasteiger partial charge in [-0.1, -0.05) is 66.7 Å². The molecule has 0 radical (unpaired) electrons. The number of piperidine rings is 3. The standard InChI is InChI=1S/C31H38N2O2/c1-30(2,34)25-15-16-27(35-4)26(21-25)32-29-24-17-19-33(20-18-24)31(29,3)28(22-11-7-5-8-12-22)23-13-9-6-10-14-23/h5-16,21,24,28-29,32,34H,17-20H2,1-4H3/t29-,31-/m0/s1. The third kappa shape index (κ3) is 4.34. The number of nitrogens with one attached hydrogen (secondary N) is 1. The van der Waals surface area contributed by atoms with Crippen molar-refractivity contribution < 1.29 is 9.84 Å². The highest BCUT2D eigenvalue weighted by Gasteiger charge is 2.55. The van der Waals surface area contributed by atoms with Gasteiger partial charge in [0.25, 0.3) is 0 Å². The molecule has 3 aromatic carbocycles. The van der Waals surface area contributed by atoms with Crippen LogP contribution in [-0.2, 0) is 5.60 Å². The van der Waals surface area contributed by atoms with Crippen LogP contribution >= 0.6 is 0 Å². The fourth-order valence-electron chi connectivity index (χ4n) is 6.54. The summed E-state index contributed by atoms with van der Waals surface area (Å²) in [4.78, 5) is 2.71. The zero-order valence-corrected chi connectivity index (χ0v) is 21.4. The van der Waals surface area contributed by atoms with Gasteiger partial charge in [-0.3, -0.25) is 4.90 Å². The number of ether oxygens (including phenoxy) is 1. The van der Waals surface area contributed by atoms with Gasteiger partial charge in [-0.2, -0.15) is 0 Å². The second-order valence-corrected chi connectivity index (χ2v) is 10.9. The lowest BCUT2D eigenvalue weighted by molar-refractivity contribution is -0.0401. The smallest absolute Gasteiger partial charge is 0.141 e. The molecule has 3 aliphatic heterocycles. The van der Waals surface area contributed by atoms with Crippen molar-refractivity contribution in [2.45, 2.75) is 56.7 Å². The fourth-order valence-corrected chi connectivity index (χ4v) is 6.54. The Hall–Kier alpha value is -2.82. The van der Waals surface area contributed by atoms with E-state index in [9.17, 15) is 5.11 Å². The van der Waals surface area contributed by atoms with Crippen LogP contribution < -0.4 is 10.1 Å². The van der Waals surface area contributed by atoms with Crippen LogP contribution in [0, 0.1) is 5.92 Å². The molecule has 0 spiro atoms. The third-order valence-electron chi connectivity index (χ3n) is 8.39. The second-order valence-electron chi connectivity index (χ2n) is 10.9. The minimum Gasteiger partial charge on any atom is -0.495 e. The molecule has 0 unspecified atom stereocenters. The Morgan fingerprint density at radius 2 is 1.51 bits per heavy atom. The lowest BCUT2D eigenvalue weighted by Crippen LogP contribution is -2.70. The van der Waals surface area contributed by atoms with Gasteiger partial charge in [0, 0.05) is 17.5 Å². The molecule has 3 aromatic rings. The first-order valence-electron chi connectivity index (χ1n) is 12.8. The van der Waals surface area contributed by atoms with E-state index in [0.717, 1.165) is 30.1 Å². The van der Waals surface area contributed by atoms with Crippen LogP contribution in [0.3, 0.4) is 0 Å². The predicted molar refractivity (Wildman–Crippen MR) is 143 cm³/mol. The summed E-state index contributed by atoms with van der Waals surface area (Å²) in [6.07, 6.45) is 2.38. The van der Waals surface area contributed by atoms with Crippen molar-refractivity contribution in [3.05, 3.63) is 95.6 Å². The molecule has 6 rings (SSSR count). The third-order valence-corrected chi connectivity index (χ3v) is 8.39. The highest BCUT2D eigenvalue weighted by atomic mass is 16.5. The van der Waals surface area contributed by atoms with Gasteiger partial charge in [-0.05, 0) is 81.4 Å². The van der Waals surface area contributed by atoms with E-state index < -0.39 is 5.60 Å². The van der Waals surface area contributed by atoms with E-state index >= 15 is 0 Å². The Kier molecular flexibility index (Phi) is 6.37. The molecule has 3 saturated heterocycles.